The van der Waals surface area contributed by atoms with Crippen LogP contribution in [0.5, 0.6) is 11.5 Å². The van der Waals surface area contributed by atoms with Gasteiger partial charge in [0.1, 0.15) is 6.29 Å². The molecule has 0 saturated carbocycles. The van der Waals surface area contributed by atoms with Crippen LogP contribution in [0, 0.1) is 0 Å². The van der Waals surface area contributed by atoms with Gasteiger partial charge in [0.05, 0.1) is 14.2 Å². The van der Waals surface area contributed by atoms with E-state index in [1.54, 1.807) is 26.4 Å². The van der Waals surface area contributed by atoms with Crippen LogP contribution in [0.4, 0.5) is 0 Å². The lowest BCUT2D eigenvalue weighted by Crippen LogP contribution is -1.94. The summed E-state index contributed by atoms with van der Waals surface area (Å²) in [6, 6.07) is 12.8. The first-order valence-corrected chi connectivity index (χ1v) is 6.71. The van der Waals surface area contributed by atoms with Gasteiger partial charge in [-0.2, -0.15) is 0 Å². The van der Waals surface area contributed by atoms with Gasteiger partial charge in [0.25, 0.3) is 0 Å². The molecule has 2 aromatic rings. The van der Waals surface area contributed by atoms with Crippen LogP contribution >= 0.6 is 11.6 Å². The summed E-state index contributed by atoms with van der Waals surface area (Å²) in [5.41, 5.74) is 2.56. The summed E-state index contributed by atoms with van der Waals surface area (Å²) < 4.78 is 10.5. The van der Waals surface area contributed by atoms with Gasteiger partial charge >= 0.3 is 0 Å². The van der Waals surface area contributed by atoms with Gasteiger partial charge < -0.3 is 9.47 Å². The molecule has 3 nitrogen and oxygen atoms in total. The van der Waals surface area contributed by atoms with Crippen molar-refractivity contribution in [3.8, 4) is 11.5 Å². The molecule has 0 spiro atoms. The van der Waals surface area contributed by atoms with Gasteiger partial charge in [0.15, 0.2) is 11.5 Å². The lowest BCUT2D eigenvalue weighted by molar-refractivity contribution is -0.104. The van der Waals surface area contributed by atoms with E-state index in [0.717, 1.165) is 23.0 Å². The highest BCUT2D eigenvalue weighted by Crippen LogP contribution is 2.32. The van der Waals surface area contributed by atoms with Crippen molar-refractivity contribution in [2.75, 3.05) is 14.2 Å². The summed E-state index contributed by atoms with van der Waals surface area (Å²) in [6.07, 6.45) is 2.28. The predicted octanol–water partition coefficient (Wildman–Crippen LogP) is 3.99. The van der Waals surface area contributed by atoms with Crippen LogP contribution in [0.25, 0.3) is 5.57 Å². The first-order chi connectivity index (χ1) is 10.2. The van der Waals surface area contributed by atoms with Crippen LogP contribution in [-0.4, -0.2) is 20.5 Å². The zero-order valence-electron chi connectivity index (χ0n) is 11.8. The summed E-state index contributed by atoms with van der Waals surface area (Å²) in [6.45, 7) is 0. The Labute approximate surface area is 128 Å². The predicted molar refractivity (Wildman–Crippen MR) is 84.1 cm³/mol. The Hall–Kier alpha value is -2.26. The maximum absolute atomic E-state index is 10.9. The molecule has 0 bridgehead atoms. The highest BCUT2D eigenvalue weighted by atomic mass is 35.5. The van der Waals surface area contributed by atoms with Crippen LogP contribution in [-0.2, 0) is 4.79 Å². The molecule has 0 aliphatic rings. The maximum Gasteiger partial charge on any atom is 0.161 e. The second kappa shape index (κ2) is 6.95. The van der Waals surface area contributed by atoms with E-state index in [0.29, 0.717) is 16.5 Å². The Kier molecular flexibility index (Phi) is 5.01. The van der Waals surface area contributed by atoms with Crippen molar-refractivity contribution in [3.63, 3.8) is 0 Å². The molecule has 2 rings (SSSR count). The Balaban J connectivity index is 2.51. The van der Waals surface area contributed by atoms with E-state index >= 15 is 0 Å². The summed E-state index contributed by atoms with van der Waals surface area (Å²) in [4.78, 5) is 10.9. The average Bonchev–Trinajstić information content (AvgIpc) is 2.53. The van der Waals surface area contributed by atoms with Crippen molar-refractivity contribution in [2.45, 2.75) is 0 Å². The molecule has 0 N–H and O–H groups in total. The van der Waals surface area contributed by atoms with Crippen molar-refractivity contribution < 1.29 is 14.3 Å². The van der Waals surface area contributed by atoms with Crippen LogP contribution in [0.1, 0.15) is 11.1 Å². The first-order valence-electron chi connectivity index (χ1n) is 6.33. The van der Waals surface area contributed by atoms with E-state index in [4.69, 9.17) is 21.1 Å². The number of hydrogen-bond donors (Lipinski definition) is 0. The molecule has 0 unspecified atom stereocenters. The molecule has 0 heterocycles. The zero-order valence-corrected chi connectivity index (χ0v) is 12.6. The number of hydrogen-bond acceptors (Lipinski definition) is 3. The molecular formula is C17H15ClO3. The zero-order chi connectivity index (χ0) is 15.2. The Morgan fingerprint density at radius 1 is 0.952 bits per heavy atom. The van der Waals surface area contributed by atoms with Gasteiger partial charge in [0.2, 0.25) is 0 Å². The number of ether oxygens (including phenoxy) is 2. The fourth-order valence-electron chi connectivity index (χ4n) is 2.06. The third-order valence-electron chi connectivity index (χ3n) is 3.08. The molecule has 0 aliphatic heterocycles. The van der Waals surface area contributed by atoms with Crippen LogP contribution in [0.15, 0.2) is 48.5 Å². The van der Waals surface area contributed by atoms with Gasteiger partial charge in [-0.15, -0.1) is 0 Å². The number of allylic oxidation sites excluding steroid dienone is 1. The lowest BCUT2D eigenvalue weighted by Gasteiger charge is -2.12. The standard InChI is InChI=1S/C17H15ClO3/c1-20-16-8-5-13(11-17(16)21-2)15(9-10-19)12-3-6-14(18)7-4-12/h3-11H,1-2H3. The minimum atomic E-state index is 0.612. The minimum Gasteiger partial charge on any atom is -0.493 e. The van der Waals surface area contributed by atoms with Gasteiger partial charge in [-0.1, -0.05) is 29.8 Å². The van der Waals surface area contributed by atoms with Crippen LogP contribution < -0.4 is 9.47 Å². The monoisotopic (exact) mass is 302 g/mol. The summed E-state index contributed by atoms with van der Waals surface area (Å²) in [5.74, 6) is 1.25. The summed E-state index contributed by atoms with van der Waals surface area (Å²) >= 11 is 5.90. The number of methoxy groups -OCH3 is 2. The Morgan fingerprint density at radius 3 is 2.14 bits per heavy atom. The molecule has 108 valence electrons. The van der Waals surface area contributed by atoms with E-state index < -0.39 is 0 Å². The Morgan fingerprint density at radius 2 is 1.57 bits per heavy atom. The SMILES string of the molecule is COc1ccc(C(=CC=O)c2ccc(Cl)cc2)cc1OC. The van der Waals surface area contributed by atoms with E-state index in [9.17, 15) is 4.79 Å². The third-order valence-corrected chi connectivity index (χ3v) is 3.34. The fraction of sp³-hybridized carbons (Fsp3) is 0.118. The highest BCUT2D eigenvalue weighted by molar-refractivity contribution is 6.30. The van der Waals surface area contributed by atoms with Crippen LogP contribution in [0.3, 0.4) is 0 Å². The number of aldehydes is 1. The number of carbonyl (C=O) groups is 1. The summed E-state index contributed by atoms with van der Waals surface area (Å²) in [5, 5.41) is 0.650. The summed E-state index contributed by atoms with van der Waals surface area (Å²) in [7, 11) is 3.16. The lowest BCUT2D eigenvalue weighted by atomic mass is 9.97. The van der Waals surface area contributed by atoms with Gasteiger partial charge in [0, 0.05) is 5.02 Å². The fourth-order valence-corrected chi connectivity index (χ4v) is 2.19. The molecule has 21 heavy (non-hydrogen) atoms. The van der Waals surface area contributed by atoms with Crippen molar-refractivity contribution in [2.24, 2.45) is 0 Å². The quantitative estimate of drug-likeness (QED) is 0.619. The largest absolute Gasteiger partial charge is 0.493 e. The molecular weight excluding hydrogens is 288 g/mol. The molecule has 0 saturated heterocycles. The van der Waals surface area contributed by atoms with Gasteiger partial charge in [-0.25, -0.2) is 0 Å². The molecule has 4 heteroatoms. The van der Waals surface area contributed by atoms with E-state index in [1.807, 2.05) is 30.3 Å². The van der Waals surface area contributed by atoms with Crippen molar-refractivity contribution in [1.29, 1.82) is 0 Å². The maximum atomic E-state index is 10.9. The average molecular weight is 303 g/mol. The molecule has 0 atom stereocenters. The van der Waals surface area contributed by atoms with E-state index in [1.165, 1.54) is 6.08 Å². The second-order valence-electron chi connectivity index (χ2n) is 4.29. The second-order valence-corrected chi connectivity index (χ2v) is 4.73. The topological polar surface area (TPSA) is 35.5 Å². The van der Waals surface area contributed by atoms with Crippen molar-refractivity contribution >= 4 is 23.5 Å². The third kappa shape index (κ3) is 3.44. The normalized spacial score (nSPS) is 11.1. The smallest absolute Gasteiger partial charge is 0.161 e. The van der Waals surface area contributed by atoms with Crippen molar-refractivity contribution in [3.05, 3.63) is 64.7 Å². The molecule has 0 amide bonds. The van der Waals surface area contributed by atoms with Crippen molar-refractivity contribution in [1.82, 2.24) is 0 Å². The molecule has 2 aromatic carbocycles. The van der Waals surface area contributed by atoms with Gasteiger partial charge in [-0.3, -0.25) is 4.79 Å². The van der Waals surface area contributed by atoms with Gasteiger partial charge in [-0.05, 0) is 47.0 Å². The minimum absolute atomic E-state index is 0.612. The van der Waals surface area contributed by atoms with E-state index in [-0.39, 0.29) is 0 Å². The number of rotatable bonds is 5. The first kappa shape index (κ1) is 15.1. The van der Waals surface area contributed by atoms with E-state index in [2.05, 4.69) is 0 Å². The Bertz CT molecular complexity index is 660. The van der Waals surface area contributed by atoms with Crippen LogP contribution in [0.2, 0.25) is 5.02 Å². The molecule has 0 aromatic heterocycles. The molecule has 0 aliphatic carbocycles. The highest BCUT2D eigenvalue weighted by Gasteiger charge is 2.10. The number of carbonyl (C=O) groups excluding carboxylic acids is 1. The number of benzene rings is 2. The molecule has 0 radical (unpaired) electrons. The number of halogens is 1. The molecule has 0 fully saturated rings.